The van der Waals surface area contributed by atoms with Gasteiger partial charge in [0.05, 0.1) is 10.5 Å². The zero-order valence-corrected chi connectivity index (χ0v) is 7.84. The quantitative estimate of drug-likeness (QED) is 0.736. The molecule has 10 heavy (non-hydrogen) atoms. The molecule has 0 aliphatic rings. The summed E-state index contributed by atoms with van der Waals surface area (Å²) in [6.07, 6.45) is 1.51. The van der Waals surface area contributed by atoms with E-state index in [0.29, 0.717) is 6.42 Å². The Bertz CT molecular complexity index is 197. The maximum Gasteiger partial charge on any atom is 0.0897 e. The maximum atomic E-state index is 11.7. The molecule has 0 spiro atoms. The Morgan fingerprint density at radius 2 is 2.30 bits per heavy atom. The van der Waals surface area contributed by atoms with Crippen LogP contribution in [0.4, 0.5) is 4.39 Å². The van der Waals surface area contributed by atoms with Gasteiger partial charge in [0, 0.05) is 4.88 Å². The summed E-state index contributed by atoms with van der Waals surface area (Å²) in [7, 11) is 0. The molecule has 0 fully saturated rings. The van der Waals surface area contributed by atoms with E-state index in [9.17, 15) is 4.39 Å². The molecule has 56 valence electrons. The average molecular weight is 223 g/mol. The number of thiophene rings is 1. The molecule has 0 amide bonds. The summed E-state index contributed by atoms with van der Waals surface area (Å²) in [5, 5.41) is 0. The van der Waals surface area contributed by atoms with Crippen LogP contribution in [0.5, 0.6) is 0 Å². The van der Waals surface area contributed by atoms with Gasteiger partial charge in [-0.1, -0.05) is 0 Å². The van der Waals surface area contributed by atoms with E-state index in [1.807, 2.05) is 12.1 Å². The van der Waals surface area contributed by atoms with Crippen molar-refractivity contribution in [2.45, 2.75) is 12.8 Å². The van der Waals surface area contributed by atoms with Crippen LogP contribution >= 0.6 is 27.3 Å². The van der Waals surface area contributed by atoms with Gasteiger partial charge in [-0.2, -0.15) is 0 Å². The molecule has 0 aliphatic heterocycles. The average Bonchev–Trinajstić information content (AvgIpc) is 2.31. The second kappa shape index (κ2) is 4.09. The summed E-state index contributed by atoms with van der Waals surface area (Å²) in [5.74, 6) is 0. The van der Waals surface area contributed by atoms with Gasteiger partial charge in [-0.05, 0) is 40.9 Å². The Labute approximate surface area is 72.2 Å². The van der Waals surface area contributed by atoms with E-state index in [1.54, 1.807) is 11.3 Å². The molecule has 0 saturated carbocycles. The molecule has 0 aromatic carbocycles. The number of hydrogen-bond donors (Lipinski definition) is 0. The second-order valence-electron chi connectivity index (χ2n) is 2.00. The lowest BCUT2D eigenvalue weighted by Gasteiger charge is -1.89. The van der Waals surface area contributed by atoms with Crippen LogP contribution in [0.1, 0.15) is 11.3 Å². The highest BCUT2D eigenvalue weighted by molar-refractivity contribution is 9.11. The highest BCUT2D eigenvalue weighted by Crippen LogP contribution is 2.22. The molecule has 3 heteroatoms. The van der Waals surface area contributed by atoms with Crippen molar-refractivity contribution in [2.24, 2.45) is 0 Å². The summed E-state index contributed by atoms with van der Waals surface area (Å²) in [6, 6.07) is 4.03. The summed E-state index contributed by atoms with van der Waals surface area (Å²) < 4.78 is 12.8. The Hall–Kier alpha value is 0.110. The normalized spacial score (nSPS) is 10.2. The predicted molar refractivity (Wildman–Crippen MR) is 46.3 cm³/mol. The fourth-order valence-corrected chi connectivity index (χ4v) is 2.25. The molecule has 0 unspecified atom stereocenters. The van der Waals surface area contributed by atoms with Gasteiger partial charge in [0.25, 0.3) is 0 Å². The van der Waals surface area contributed by atoms with E-state index in [-0.39, 0.29) is 6.67 Å². The first-order valence-corrected chi connectivity index (χ1v) is 4.74. The van der Waals surface area contributed by atoms with Crippen molar-refractivity contribution in [1.82, 2.24) is 0 Å². The number of hydrogen-bond acceptors (Lipinski definition) is 1. The van der Waals surface area contributed by atoms with Crippen molar-refractivity contribution in [3.8, 4) is 0 Å². The second-order valence-corrected chi connectivity index (χ2v) is 4.55. The number of aryl methyl sites for hydroxylation is 1. The van der Waals surface area contributed by atoms with Crippen LogP contribution in [-0.4, -0.2) is 6.67 Å². The van der Waals surface area contributed by atoms with Crippen LogP contribution < -0.4 is 0 Å². The molecular weight excluding hydrogens is 215 g/mol. The van der Waals surface area contributed by atoms with E-state index >= 15 is 0 Å². The number of rotatable bonds is 3. The fourth-order valence-electron chi connectivity index (χ4n) is 0.727. The van der Waals surface area contributed by atoms with Crippen LogP contribution in [-0.2, 0) is 6.42 Å². The standard InChI is InChI=1S/C7H8BrFS/c8-7-4-3-6(10-7)2-1-5-9/h3-4H,1-2,5H2. The number of halogens is 2. The minimum Gasteiger partial charge on any atom is -0.251 e. The summed E-state index contributed by atoms with van der Waals surface area (Å²) >= 11 is 5.03. The highest BCUT2D eigenvalue weighted by Gasteiger charge is 1.95. The van der Waals surface area contributed by atoms with Gasteiger partial charge < -0.3 is 0 Å². The van der Waals surface area contributed by atoms with Gasteiger partial charge >= 0.3 is 0 Å². The van der Waals surface area contributed by atoms with Crippen LogP contribution in [0.25, 0.3) is 0 Å². The van der Waals surface area contributed by atoms with Crippen LogP contribution in [0.3, 0.4) is 0 Å². The van der Waals surface area contributed by atoms with Gasteiger partial charge in [-0.25, -0.2) is 0 Å². The monoisotopic (exact) mass is 222 g/mol. The lowest BCUT2D eigenvalue weighted by molar-refractivity contribution is 0.474. The van der Waals surface area contributed by atoms with Gasteiger partial charge in [0.1, 0.15) is 0 Å². The van der Waals surface area contributed by atoms with Crippen molar-refractivity contribution in [3.05, 3.63) is 20.8 Å². The lowest BCUT2D eigenvalue weighted by atomic mass is 10.3. The molecule has 0 radical (unpaired) electrons. The third-order valence-corrected chi connectivity index (χ3v) is 2.87. The fraction of sp³-hybridized carbons (Fsp3) is 0.429. The Morgan fingerprint density at radius 3 is 2.80 bits per heavy atom. The summed E-state index contributed by atoms with van der Waals surface area (Å²) in [5.41, 5.74) is 0. The molecule has 1 heterocycles. The molecule has 0 aliphatic carbocycles. The number of alkyl halides is 1. The molecule has 0 atom stereocenters. The lowest BCUT2D eigenvalue weighted by Crippen LogP contribution is -1.80. The molecule has 1 aromatic heterocycles. The van der Waals surface area contributed by atoms with E-state index in [2.05, 4.69) is 15.9 Å². The van der Waals surface area contributed by atoms with Crippen LogP contribution in [0, 0.1) is 0 Å². The predicted octanol–water partition coefficient (Wildman–Crippen LogP) is 3.41. The highest BCUT2D eigenvalue weighted by atomic mass is 79.9. The van der Waals surface area contributed by atoms with Crippen LogP contribution in [0.2, 0.25) is 0 Å². The van der Waals surface area contributed by atoms with Crippen molar-refractivity contribution < 1.29 is 4.39 Å². The first-order valence-electron chi connectivity index (χ1n) is 3.13. The third-order valence-electron chi connectivity index (χ3n) is 1.19. The Kier molecular flexibility index (Phi) is 3.35. The van der Waals surface area contributed by atoms with E-state index in [1.165, 1.54) is 4.88 Å². The maximum absolute atomic E-state index is 11.7. The van der Waals surface area contributed by atoms with Crippen molar-refractivity contribution >= 4 is 27.3 Å². The van der Waals surface area contributed by atoms with E-state index < -0.39 is 0 Å². The first kappa shape index (κ1) is 8.21. The topological polar surface area (TPSA) is 0 Å². The molecule has 0 nitrogen and oxygen atoms in total. The van der Waals surface area contributed by atoms with Gasteiger partial charge in [0.2, 0.25) is 0 Å². The molecular formula is C7H8BrFS. The first-order chi connectivity index (χ1) is 4.83. The van der Waals surface area contributed by atoms with Crippen molar-refractivity contribution in [2.75, 3.05) is 6.67 Å². The molecule has 1 rings (SSSR count). The zero-order chi connectivity index (χ0) is 7.40. The Balaban J connectivity index is 2.42. The van der Waals surface area contributed by atoms with Crippen molar-refractivity contribution in [1.29, 1.82) is 0 Å². The minimum absolute atomic E-state index is 0.213. The Morgan fingerprint density at radius 1 is 1.50 bits per heavy atom. The molecule has 0 N–H and O–H groups in total. The summed E-state index contributed by atoms with van der Waals surface area (Å²) in [4.78, 5) is 1.25. The van der Waals surface area contributed by atoms with Gasteiger partial charge in [-0.15, -0.1) is 11.3 Å². The van der Waals surface area contributed by atoms with Crippen LogP contribution in [0.15, 0.2) is 15.9 Å². The third kappa shape index (κ3) is 2.39. The zero-order valence-electron chi connectivity index (χ0n) is 5.44. The van der Waals surface area contributed by atoms with E-state index in [4.69, 9.17) is 0 Å². The summed E-state index contributed by atoms with van der Waals surface area (Å²) in [6.45, 7) is -0.213. The van der Waals surface area contributed by atoms with E-state index in [0.717, 1.165) is 10.2 Å². The molecule has 0 saturated heterocycles. The largest absolute Gasteiger partial charge is 0.251 e. The minimum atomic E-state index is -0.213. The van der Waals surface area contributed by atoms with Crippen molar-refractivity contribution in [3.63, 3.8) is 0 Å². The SMILES string of the molecule is FCCCc1ccc(Br)s1. The smallest absolute Gasteiger partial charge is 0.0897 e. The van der Waals surface area contributed by atoms with Gasteiger partial charge in [-0.3, -0.25) is 4.39 Å². The molecule has 1 aromatic rings. The van der Waals surface area contributed by atoms with Gasteiger partial charge in [0.15, 0.2) is 0 Å². The molecule has 0 bridgehead atoms.